The van der Waals surface area contributed by atoms with Crippen LogP contribution in [0.1, 0.15) is 24.5 Å². The summed E-state index contributed by atoms with van der Waals surface area (Å²) in [5, 5.41) is 6.68. The van der Waals surface area contributed by atoms with Crippen LogP contribution in [-0.2, 0) is 17.9 Å². The quantitative estimate of drug-likeness (QED) is 0.463. The predicted octanol–water partition coefficient (Wildman–Crippen LogP) is 5.59. The molecule has 3 nitrogen and oxygen atoms in total. The zero-order valence-corrected chi connectivity index (χ0v) is 16.5. The summed E-state index contributed by atoms with van der Waals surface area (Å²) in [5.41, 5.74) is 2.17. The first kappa shape index (κ1) is 19.7. The SMILES string of the molecule is CCOCCCNCc1c(OCc2ccccc2Cl)ccc2ccccc12. The molecule has 0 saturated carbocycles. The molecule has 0 unspecified atom stereocenters. The number of halogens is 1. The van der Waals surface area contributed by atoms with Gasteiger partial charge in [-0.25, -0.2) is 0 Å². The van der Waals surface area contributed by atoms with Gasteiger partial charge in [0.15, 0.2) is 0 Å². The second-order valence-corrected chi connectivity index (χ2v) is 6.78. The van der Waals surface area contributed by atoms with E-state index in [0.717, 1.165) is 49.1 Å². The van der Waals surface area contributed by atoms with E-state index in [0.29, 0.717) is 6.61 Å². The molecule has 0 amide bonds. The molecule has 1 N–H and O–H groups in total. The molecular formula is C23H26ClNO2. The monoisotopic (exact) mass is 383 g/mol. The summed E-state index contributed by atoms with van der Waals surface area (Å²) in [6.07, 6.45) is 0.994. The maximum atomic E-state index is 6.27. The largest absolute Gasteiger partial charge is 0.488 e. The fourth-order valence-corrected chi connectivity index (χ4v) is 3.25. The van der Waals surface area contributed by atoms with E-state index in [1.54, 1.807) is 0 Å². The molecule has 142 valence electrons. The molecule has 0 aliphatic carbocycles. The molecule has 0 saturated heterocycles. The van der Waals surface area contributed by atoms with E-state index in [4.69, 9.17) is 21.1 Å². The van der Waals surface area contributed by atoms with Crippen molar-refractivity contribution >= 4 is 22.4 Å². The van der Waals surface area contributed by atoms with E-state index in [-0.39, 0.29) is 0 Å². The fourth-order valence-electron chi connectivity index (χ4n) is 3.06. The number of benzene rings is 3. The third kappa shape index (κ3) is 5.46. The van der Waals surface area contributed by atoms with Gasteiger partial charge in [-0.05, 0) is 42.8 Å². The van der Waals surface area contributed by atoms with Crippen molar-refractivity contribution in [1.82, 2.24) is 5.32 Å². The molecule has 3 aromatic rings. The Kier molecular flexibility index (Phi) is 7.52. The summed E-state index contributed by atoms with van der Waals surface area (Å²) in [5.74, 6) is 0.894. The third-order valence-corrected chi connectivity index (χ3v) is 4.86. The van der Waals surface area contributed by atoms with Crippen molar-refractivity contribution in [3.63, 3.8) is 0 Å². The van der Waals surface area contributed by atoms with Gasteiger partial charge in [-0.3, -0.25) is 0 Å². The lowest BCUT2D eigenvalue weighted by Crippen LogP contribution is -2.17. The van der Waals surface area contributed by atoms with Crippen LogP contribution in [0.15, 0.2) is 60.7 Å². The van der Waals surface area contributed by atoms with Crippen LogP contribution in [-0.4, -0.2) is 19.8 Å². The highest BCUT2D eigenvalue weighted by Crippen LogP contribution is 2.29. The number of fused-ring (bicyclic) bond motifs is 1. The van der Waals surface area contributed by atoms with E-state index in [1.807, 2.05) is 31.2 Å². The van der Waals surface area contributed by atoms with Gasteiger partial charge >= 0.3 is 0 Å². The third-order valence-electron chi connectivity index (χ3n) is 4.49. The molecule has 0 aromatic heterocycles. The van der Waals surface area contributed by atoms with Crippen molar-refractivity contribution in [3.8, 4) is 5.75 Å². The van der Waals surface area contributed by atoms with E-state index in [2.05, 4.69) is 41.7 Å². The molecule has 0 aliphatic heterocycles. The molecule has 27 heavy (non-hydrogen) atoms. The minimum absolute atomic E-state index is 0.454. The van der Waals surface area contributed by atoms with E-state index >= 15 is 0 Å². The number of hydrogen-bond acceptors (Lipinski definition) is 3. The minimum Gasteiger partial charge on any atom is -0.488 e. The number of hydrogen-bond donors (Lipinski definition) is 1. The topological polar surface area (TPSA) is 30.5 Å². The Balaban J connectivity index is 1.74. The zero-order chi connectivity index (χ0) is 18.9. The van der Waals surface area contributed by atoms with Crippen LogP contribution in [0, 0.1) is 0 Å². The second kappa shape index (κ2) is 10.3. The molecule has 3 aromatic carbocycles. The summed E-state index contributed by atoms with van der Waals surface area (Å²) in [4.78, 5) is 0. The van der Waals surface area contributed by atoms with Crippen LogP contribution in [0.4, 0.5) is 0 Å². The maximum Gasteiger partial charge on any atom is 0.124 e. The first-order chi connectivity index (χ1) is 13.3. The van der Waals surface area contributed by atoms with Crippen LogP contribution in [0.25, 0.3) is 10.8 Å². The van der Waals surface area contributed by atoms with E-state index < -0.39 is 0 Å². The van der Waals surface area contributed by atoms with Crippen molar-refractivity contribution in [3.05, 3.63) is 76.8 Å². The molecule has 3 rings (SSSR count). The van der Waals surface area contributed by atoms with Crippen molar-refractivity contribution in [1.29, 1.82) is 0 Å². The second-order valence-electron chi connectivity index (χ2n) is 6.37. The number of rotatable bonds is 10. The molecular weight excluding hydrogens is 358 g/mol. The van der Waals surface area contributed by atoms with Gasteiger partial charge in [0.25, 0.3) is 0 Å². The van der Waals surface area contributed by atoms with Crippen LogP contribution < -0.4 is 10.1 Å². The van der Waals surface area contributed by atoms with Gasteiger partial charge in [-0.1, -0.05) is 60.1 Å². The molecule has 0 aliphatic rings. The summed E-state index contributed by atoms with van der Waals surface area (Å²) in [6.45, 7) is 5.69. The molecule has 0 fully saturated rings. The van der Waals surface area contributed by atoms with Gasteiger partial charge in [0.2, 0.25) is 0 Å². The first-order valence-electron chi connectivity index (χ1n) is 9.45. The normalized spacial score (nSPS) is 11.0. The van der Waals surface area contributed by atoms with Crippen LogP contribution in [0.2, 0.25) is 5.02 Å². The summed E-state index contributed by atoms with van der Waals surface area (Å²) >= 11 is 6.27. The number of nitrogens with one attached hydrogen (secondary N) is 1. The van der Waals surface area contributed by atoms with Gasteiger partial charge in [0.05, 0.1) is 0 Å². The van der Waals surface area contributed by atoms with Crippen molar-refractivity contribution in [2.45, 2.75) is 26.5 Å². The maximum absolute atomic E-state index is 6.27. The fraction of sp³-hybridized carbons (Fsp3) is 0.304. The Morgan fingerprint density at radius 1 is 0.963 bits per heavy atom. The van der Waals surface area contributed by atoms with E-state index in [1.165, 1.54) is 16.3 Å². The number of ether oxygens (including phenoxy) is 2. The molecule has 0 atom stereocenters. The lowest BCUT2D eigenvalue weighted by Gasteiger charge is -2.16. The summed E-state index contributed by atoms with van der Waals surface area (Å²) < 4.78 is 11.6. The predicted molar refractivity (Wildman–Crippen MR) is 113 cm³/mol. The molecule has 0 heterocycles. The Morgan fingerprint density at radius 2 is 1.78 bits per heavy atom. The van der Waals surface area contributed by atoms with Crippen molar-refractivity contribution < 1.29 is 9.47 Å². The summed E-state index contributed by atoms with van der Waals surface area (Å²) in [6, 6.07) is 20.4. The van der Waals surface area contributed by atoms with Crippen molar-refractivity contribution in [2.75, 3.05) is 19.8 Å². The molecule has 0 spiro atoms. The van der Waals surface area contributed by atoms with Crippen LogP contribution >= 0.6 is 11.6 Å². The van der Waals surface area contributed by atoms with Crippen LogP contribution in [0.3, 0.4) is 0 Å². The smallest absolute Gasteiger partial charge is 0.124 e. The van der Waals surface area contributed by atoms with Gasteiger partial charge in [-0.15, -0.1) is 0 Å². The summed E-state index contributed by atoms with van der Waals surface area (Å²) in [7, 11) is 0. The van der Waals surface area contributed by atoms with Crippen LogP contribution in [0.5, 0.6) is 5.75 Å². The molecule has 4 heteroatoms. The Morgan fingerprint density at radius 3 is 2.63 bits per heavy atom. The van der Waals surface area contributed by atoms with Crippen molar-refractivity contribution in [2.24, 2.45) is 0 Å². The lowest BCUT2D eigenvalue weighted by atomic mass is 10.0. The highest BCUT2D eigenvalue weighted by atomic mass is 35.5. The van der Waals surface area contributed by atoms with Gasteiger partial charge < -0.3 is 14.8 Å². The zero-order valence-electron chi connectivity index (χ0n) is 15.7. The standard InChI is InChI=1S/C23H26ClNO2/c1-2-26-15-7-14-25-16-21-20-10-5-3-8-18(20)12-13-23(21)27-17-19-9-4-6-11-22(19)24/h3-6,8-13,25H,2,7,14-17H2,1H3. The molecule has 0 radical (unpaired) electrons. The van der Waals surface area contributed by atoms with Gasteiger partial charge in [-0.2, -0.15) is 0 Å². The average molecular weight is 384 g/mol. The van der Waals surface area contributed by atoms with Gasteiger partial charge in [0, 0.05) is 35.9 Å². The van der Waals surface area contributed by atoms with E-state index in [9.17, 15) is 0 Å². The Labute approximate surface area is 166 Å². The van der Waals surface area contributed by atoms with Gasteiger partial charge in [0.1, 0.15) is 12.4 Å². The Hall–Kier alpha value is -2.07. The lowest BCUT2D eigenvalue weighted by molar-refractivity contribution is 0.144. The average Bonchev–Trinajstić information content (AvgIpc) is 2.70. The first-order valence-corrected chi connectivity index (χ1v) is 9.82. The highest BCUT2D eigenvalue weighted by Gasteiger charge is 2.10. The minimum atomic E-state index is 0.454. The highest BCUT2D eigenvalue weighted by molar-refractivity contribution is 6.31. The molecule has 0 bridgehead atoms. The Bertz CT molecular complexity index is 866.